The van der Waals surface area contributed by atoms with Crippen LogP contribution in [0.4, 0.5) is 0 Å². The molecule has 0 spiro atoms. The lowest BCUT2D eigenvalue weighted by atomic mass is 9.91. The number of rotatable bonds is 7. The van der Waals surface area contributed by atoms with Crippen LogP contribution in [0.5, 0.6) is 5.75 Å². The van der Waals surface area contributed by atoms with Crippen molar-refractivity contribution >= 4 is 16.9 Å². The third-order valence-electron chi connectivity index (χ3n) is 6.40. The zero-order valence-corrected chi connectivity index (χ0v) is 19.3. The minimum absolute atomic E-state index is 0.122. The van der Waals surface area contributed by atoms with Gasteiger partial charge in [0.15, 0.2) is 0 Å². The van der Waals surface area contributed by atoms with Crippen LogP contribution in [0.3, 0.4) is 0 Å². The zero-order chi connectivity index (χ0) is 23.4. The summed E-state index contributed by atoms with van der Waals surface area (Å²) >= 11 is 0. The number of carbonyl (C=O) groups excluding carboxylic acids is 1. The molecule has 0 saturated carbocycles. The predicted octanol–water partition coefficient (Wildman–Crippen LogP) is 4.58. The van der Waals surface area contributed by atoms with E-state index in [4.69, 9.17) is 14.2 Å². The first-order valence-corrected chi connectivity index (χ1v) is 11.2. The molecule has 1 saturated heterocycles. The van der Waals surface area contributed by atoms with E-state index in [-0.39, 0.29) is 18.1 Å². The van der Waals surface area contributed by atoms with Crippen LogP contribution < -0.4 is 4.74 Å². The first-order valence-electron chi connectivity index (χ1n) is 11.2. The van der Waals surface area contributed by atoms with Crippen molar-refractivity contribution in [2.24, 2.45) is 0 Å². The molecule has 1 aliphatic rings. The highest BCUT2D eigenvalue weighted by atomic mass is 16.5. The fourth-order valence-electron chi connectivity index (χ4n) is 4.77. The molecular weight excluding hydrogens is 418 g/mol. The normalized spacial score (nSPS) is 18.7. The molecule has 0 aliphatic carbocycles. The van der Waals surface area contributed by atoms with Gasteiger partial charge in [-0.15, -0.1) is 0 Å². The standard InChI is InChI=1S/C26H29N3O4/c1-4-33-20-10-12-29(23(14-20)17-5-7-18(8-6-17)26(30)32-3)16-22-21-9-11-28-25(21)19(15-27)13-24(22)31-2/h5-9,11,13,20,23,28H,4,10,12,14,16H2,1-3H3/t20-,23-/m0/s1. The van der Waals surface area contributed by atoms with Crippen LogP contribution in [0.1, 0.15) is 52.9 Å². The van der Waals surface area contributed by atoms with Gasteiger partial charge < -0.3 is 19.2 Å². The lowest BCUT2D eigenvalue weighted by Crippen LogP contribution is -2.39. The molecule has 2 aromatic carbocycles. The van der Waals surface area contributed by atoms with Gasteiger partial charge in [0.2, 0.25) is 0 Å². The first kappa shape index (κ1) is 22.8. The van der Waals surface area contributed by atoms with Crippen molar-refractivity contribution in [1.29, 1.82) is 5.26 Å². The Morgan fingerprint density at radius 3 is 2.70 bits per heavy atom. The topological polar surface area (TPSA) is 87.6 Å². The second-order valence-corrected chi connectivity index (χ2v) is 8.18. The number of hydrogen-bond acceptors (Lipinski definition) is 6. The number of ether oxygens (including phenoxy) is 3. The molecule has 4 rings (SSSR count). The van der Waals surface area contributed by atoms with Gasteiger partial charge in [-0.05, 0) is 43.5 Å². The lowest BCUT2D eigenvalue weighted by Gasteiger charge is -2.40. The van der Waals surface area contributed by atoms with E-state index in [1.165, 1.54) is 7.11 Å². The molecule has 0 amide bonds. The highest BCUT2D eigenvalue weighted by molar-refractivity contribution is 5.90. The van der Waals surface area contributed by atoms with E-state index >= 15 is 0 Å². The van der Waals surface area contributed by atoms with Crippen LogP contribution >= 0.6 is 0 Å². The molecule has 2 atom stereocenters. The first-order chi connectivity index (χ1) is 16.1. The van der Waals surface area contributed by atoms with Crippen molar-refractivity contribution < 1.29 is 19.0 Å². The Morgan fingerprint density at radius 1 is 1.24 bits per heavy atom. The average Bonchev–Trinajstić information content (AvgIpc) is 3.35. The number of nitrogens with one attached hydrogen (secondary N) is 1. The molecule has 0 unspecified atom stereocenters. The van der Waals surface area contributed by atoms with Gasteiger partial charge in [-0.1, -0.05) is 12.1 Å². The maximum atomic E-state index is 11.9. The molecule has 2 heterocycles. The molecule has 7 nitrogen and oxygen atoms in total. The second-order valence-electron chi connectivity index (χ2n) is 8.18. The van der Waals surface area contributed by atoms with Gasteiger partial charge in [-0.25, -0.2) is 4.79 Å². The molecule has 1 N–H and O–H groups in total. The number of hydrogen-bond donors (Lipinski definition) is 1. The van der Waals surface area contributed by atoms with Crippen molar-refractivity contribution in [3.63, 3.8) is 0 Å². The fourth-order valence-corrected chi connectivity index (χ4v) is 4.77. The van der Waals surface area contributed by atoms with Gasteiger partial charge in [-0.3, -0.25) is 4.90 Å². The molecule has 172 valence electrons. The number of nitrogens with zero attached hydrogens (tertiary/aromatic N) is 2. The van der Waals surface area contributed by atoms with E-state index in [0.717, 1.165) is 41.4 Å². The summed E-state index contributed by atoms with van der Waals surface area (Å²) in [4.78, 5) is 17.5. The molecule has 1 aliphatic heterocycles. The number of aromatic nitrogens is 1. The van der Waals surface area contributed by atoms with Crippen LogP contribution in [0.2, 0.25) is 0 Å². The Bertz CT molecular complexity index is 1160. The monoisotopic (exact) mass is 447 g/mol. The Hall–Kier alpha value is -3.34. The van der Waals surface area contributed by atoms with Gasteiger partial charge in [0, 0.05) is 49.0 Å². The zero-order valence-electron chi connectivity index (χ0n) is 19.3. The molecule has 1 aromatic heterocycles. The van der Waals surface area contributed by atoms with E-state index in [1.807, 2.05) is 43.5 Å². The fraction of sp³-hybridized carbons (Fsp3) is 0.385. The summed E-state index contributed by atoms with van der Waals surface area (Å²) in [5.74, 6) is 0.372. The van der Waals surface area contributed by atoms with Crippen LogP contribution in [-0.4, -0.2) is 49.3 Å². The highest BCUT2D eigenvalue weighted by Crippen LogP contribution is 2.38. The van der Waals surface area contributed by atoms with Crippen molar-refractivity contribution in [1.82, 2.24) is 9.88 Å². The highest BCUT2D eigenvalue weighted by Gasteiger charge is 2.31. The van der Waals surface area contributed by atoms with Gasteiger partial charge >= 0.3 is 5.97 Å². The Kier molecular flexibility index (Phi) is 6.97. The summed E-state index contributed by atoms with van der Waals surface area (Å²) < 4.78 is 16.5. The molecule has 3 aromatic rings. The van der Waals surface area contributed by atoms with E-state index in [2.05, 4.69) is 16.0 Å². The van der Waals surface area contributed by atoms with Crippen molar-refractivity contribution in [3.8, 4) is 11.8 Å². The van der Waals surface area contributed by atoms with E-state index in [9.17, 15) is 10.1 Å². The summed E-state index contributed by atoms with van der Waals surface area (Å²) in [5.41, 5.74) is 4.12. The number of esters is 1. The largest absolute Gasteiger partial charge is 0.496 e. The maximum absolute atomic E-state index is 11.9. The molecule has 1 fully saturated rings. The number of piperidine rings is 1. The number of H-pyrrole nitrogens is 1. The van der Waals surface area contributed by atoms with Crippen LogP contribution in [0.25, 0.3) is 10.9 Å². The predicted molar refractivity (Wildman–Crippen MR) is 125 cm³/mol. The Labute approximate surface area is 193 Å². The number of benzene rings is 2. The van der Waals surface area contributed by atoms with Crippen molar-refractivity contribution in [2.45, 2.75) is 38.5 Å². The Morgan fingerprint density at radius 2 is 2.03 bits per heavy atom. The summed E-state index contributed by atoms with van der Waals surface area (Å²) in [5, 5.41) is 10.6. The summed E-state index contributed by atoms with van der Waals surface area (Å²) in [6.45, 7) is 4.25. The number of aromatic amines is 1. The van der Waals surface area contributed by atoms with E-state index in [0.29, 0.717) is 30.0 Å². The van der Waals surface area contributed by atoms with Gasteiger partial charge in [0.05, 0.1) is 37.0 Å². The van der Waals surface area contributed by atoms with Crippen molar-refractivity contribution in [3.05, 3.63) is 64.8 Å². The smallest absolute Gasteiger partial charge is 0.337 e. The maximum Gasteiger partial charge on any atom is 0.337 e. The Balaban J connectivity index is 1.69. The third-order valence-corrected chi connectivity index (χ3v) is 6.40. The minimum Gasteiger partial charge on any atom is -0.496 e. The summed E-state index contributed by atoms with van der Waals surface area (Å²) in [6.07, 6.45) is 3.85. The van der Waals surface area contributed by atoms with Crippen molar-refractivity contribution in [2.75, 3.05) is 27.4 Å². The SMILES string of the molecule is CCO[C@H]1CCN(Cc2c(OC)cc(C#N)c3[nH]ccc23)[C@H](c2ccc(C(=O)OC)cc2)C1. The second kappa shape index (κ2) is 10.1. The summed E-state index contributed by atoms with van der Waals surface area (Å²) in [7, 11) is 3.03. The molecule has 33 heavy (non-hydrogen) atoms. The van der Waals surface area contributed by atoms with Crippen LogP contribution in [-0.2, 0) is 16.0 Å². The minimum atomic E-state index is -0.341. The van der Waals surface area contributed by atoms with E-state index in [1.54, 1.807) is 13.2 Å². The number of nitriles is 1. The number of methoxy groups -OCH3 is 2. The van der Waals surface area contributed by atoms with Gasteiger partial charge in [0.25, 0.3) is 0 Å². The van der Waals surface area contributed by atoms with E-state index < -0.39 is 0 Å². The molecule has 0 radical (unpaired) electrons. The third kappa shape index (κ3) is 4.58. The quantitative estimate of drug-likeness (QED) is 0.534. The number of carbonyl (C=O) groups is 1. The number of likely N-dealkylation sites (tertiary alicyclic amines) is 1. The summed E-state index contributed by atoms with van der Waals surface area (Å²) in [6, 6.07) is 13.8. The molecule has 0 bridgehead atoms. The van der Waals surface area contributed by atoms with Gasteiger partial charge in [-0.2, -0.15) is 5.26 Å². The molecule has 7 heteroatoms. The average molecular weight is 448 g/mol. The van der Waals surface area contributed by atoms with Crippen LogP contribution in [0.15, 0.2) is 42.6 Å². The molecular formula is C26H29N3O4. The lowest BCUT2D eigenvalue weighted by molar-refractivity contribution is -0.0138. The number of fused-ring (bicyclic) bond motifs is 1. The van der Waals surface area contributed by atoms with Crippen LogP contribution in [0, 0.1) is 11.3 Å². The van der Waals surface area contributed by atoms with Gasteiger partial charge in [0.1, 0.15) is 11.8 Å².